The summed E-state index contributed by atoms with van der Waals surface area (Å²) in [6, 6.07) is 17.7. The molecule has 4 rings (SSSR count). The highest BCUT2D eigenvalue weighted by Gasteiger charge is 2.13. The Labute approximate surface area is 186 Å². The second-order valence-corrected chi connectivity index (χ2v) is 8.66. The van der Waals surface area contributed by atoms with E-state index in [0.717, 1.165) is 60.3 Å². The molecule has 7 heteroatoms. The number of thiazole rings is 1. The number of hydrogen-bond donors (Lipinski definition) is 1. The van der Waals surface area contributed by atoms with Crippen molar-refractivity contribution in [3.05, 3.63) is 65.0 Å². The Bertz CT molecular complexity index is 983. The van der Waals surface area contributed by atoms with Gasteiger partial charge in [-0.15, -0.1) is 11.3 Å². The van der Waals surface area contributed by atoms with Crippen LogP contribution in [0.1, 0.15) is 10.4 Å². The van der Waals surface area contributed by atoms with E-state index >= 15 is 0 Å². The van der Waals surface area contributed by atoms with Crippen molar-refractivity contribution < 1.29 is 14.3 Å². The minimum atomic E-state index is -0.0597. The molecule has 0 atom stereocenters. The van der Waals surface area contributed by atoms with Crippen molar-refractivity contribution in [2.75, 3.05) is 44.8 Å². The van der Waals surface area contributed by atoms with Crippen LogP contribution in [-0.4, -0.2) is 55.2 Å². The molecule has 3 aromatic rings. The van der Waals surface area contributed by atoms with Crippen molar-refractivity contribution in [3.8, 4) is 17.0 Å². The van der Waals surface area contributed by atoms with Crippen LogP contribution in [0.25, 0.3) is 11.3 Å². The van der Waals surface area contributed by atoms with E-state index in [9.17, 15) is 4.79 Å². The molecule has 1 aromatic heterocycles. The average molecular weight is 438 g/mol. The lowest BCUT2D eigenvalue weighted by Crippen LogP contribution is -2.38. The van der Waals surface area contributed by atoms with Gasteiger partial charge in [0.15, 0.2) is 5.13 Å². The molecular formula is C24H27N3O3S. The van der Waals surface area contributed by atoms with E-state index in [-0.39, 0.29) is 5.91 Å². The fourth-order valence-electron chi connectivity index (χ4n) is 3.49. The zero-order valence-electron chi connectivity index (χ0n) is 17.7. The van der Waals surface area contributed by atoms with Gasteiger partial charge in [0, 0.05) is 30.1 Å². The second-order valence-electron chi connectivity index (χ2n) is 7.46. The number of carbonyl (C=O) groups is 1. The monoisotopic (exact) mass is 437 g/mol. The summed E-state index contributed by atoms with van der Waals surface area (Å²) in [4.78, 5) is 20.4. The van der Waals surface area contributed by atoms with E-state index < -0.39 is 0 Å². The molecule has 0 radical (unpaired) electrons. The van der Waals surface area contributed by atoms with Gasteiger partial charge in [0.05, 0.1) is 25.3 Å². The molecule has 6 nitrogen and oxygen atoms in total. The van der Waals surface area contributed by atoms with Crippen molar-refractivity contribution in [1.29, 1.82) is 0 Å². The number of carbonyl (C=O) groups excluding carboxylic acids is 1. The number of nitrogens with one attached hydrogen (secondary N) is 1. The SMILES string of the molecule is Cc1sc(NC(=O)Cc2ccccc2)nc1-c1ccc(OCCN2CCOCC2)cc1. The Kier molecular flexibility index (Phi) is 7.30. The first-order valence-electron chi connectivity index (χ1n) is 10.5. The third kappa shape index (κ3) is 6.13. The number of aryl methyl sites for hydroxylation is 1. The predicted molar refractivity (Wildman–Crippen MR) is 124 cm³/mol. The van der Waals surface area contributed by atoms with Crippen molar-refractivity contribution >= 4 is 22.4 Å². The van der Waals surface area contributed by atoms with E-state index in [0.29, 0.717) is 18.2 Å². The first-order chi connectivity index (χ1) is 15.2. The van der Waals surface area contributed by atoms with Gasteiger partial charge in [-0.3, -0.25) is 9.69 Å². The number of benzene rings is 2. The maximum absolute atomic E-state index is 12.3. The summed E-state index contributed by atoms with van der Waals surface area (Å²) >= 11 is 1.49. The number of hydrogen-bond acceptors (Lipinski definition) is 6. The van der Waals surface area contributed by atoms with E-state index in [4.69, 9.17) is 9.47 Å². The molecule has 31 heavy (non-hydrogen) atoms. The van der Waals surface area contributed by atoms with Crippen LogP contribution in [0, 0.1) is 6.92 Å². The van der Waals surface area contributed by atoms with Crippen LogP contribution in [0.5, 0.6) is 5.75 Å². The first kappa shape index (κ1) is 21.5. The molecule has 2 heterocycles. The third-order valence-electron chi connectivity index (χ3n) is 5.16. The molecule has 1 fully saturated rings. The van der Waals surface area contributed by atoms with Gasteiger partial charge in [-0.25, -0.2) is 4.98 Å². The number of ether oxygens (including phenoxy) is 2. The van der Waals surface area contributed by atoms with Gasteiger partial charge in [-0.1, -0.05) is 30.3 Å². The number of nitrogens with zero attached hydrogens (tertiary/aromatic N) is 2. The number of aromatic nitrogens is 1. The van der Waals surface area contributed by atoms with Crippen molar-refractivity contribution in [2.45, 2.75) is 13.3 Å². The Morgan fingerprint density at radius 3 is 2.61 bits per heavy atom. The number of rotatable bonds is 8. The lowest BCUT2D eigenvalue weighted by atomic mass is 10.1. The Balaban J connectivity index is 1.31. The predicted octanol–water partition coefficient (Wildman–Crippen LogP) is 4.01. The largest absolute Gasteiger partial charge is 0.492 e. The van der Waals surface area contributed by atoms with Gasteiger partial charge in [0.2, 0.25) is 5.91 Å². The zero-order chi connectivity index (χ0) is 21.5. The minimum absolute atomic E-state index is 0.0597. The highest BCUT2D eigenvalue weighted by atomic mass is 32.1. The molecule has 1 saturated heterocycles. The summed E-state index contributed by atoms with van der Waals surface area (Å²) < 4.78 is 11.3. The molecule has 0 bridgehead atoms. The van der Waals surface area contributed by atoms with E-state index in [1.54, 1.807) is 0 Å². The van der Waals surface area contributed by atoms with E-state index in [1.807, 2.05) is 61.5 Å². The number of morpholine rings is 1. The molecule has 1 N–H and O–H groups in total. The summed E-state index contributed by atoms with van der Waals surface area (Å²) in [6.45, 7) is 7.12. The minimum Gasteiger partial charge on any atom is -0.492 e. The smallest absolute Gasteiger partial charge is 0.230 e. The Morgan fingerprint density at radius 1 is 1.13 bits per heavy atom. The average Bonchev–Trinajstić information content (AvgIpc) is 3.15. The second kappa shape index (κ2) is 10.5. The summed E-state index contributed by atoms with van der Waals surface area (Å²) in [7, 11) is 0. The molecule has 162 valence electrons. The molecule has 1 aliphatic heterocycles. The topological polar surface area (TPSA) is 63.7 Å². The standard InChI is InChI=1S/C24H27N3O3S/c1-18-23(26-24(31-18)25-22(28)17-19-5-3-2-4-6-19)20-7-9-21(10-8-20)30-16-13-27-11-14-29-15-12-27/h2-10H,11-17H2,1H3,(H,25,26,28). The van der Waals surface area contributed by atoms with Gasteiger partial charge < -0.3 is 14.8 Å². The number of anilines is 1. The molecule has 0 spiro atoms. The summed E-state index contributed by atoms with van der Waals surface area (Å²) in [5.74, 6) is 0.789. The normalized spacial score (nSPS) is 14.4. The van der Waals surface area contributed by atoms with Crippen LogP contribution >= 0.6 is 11.3 Å². The molecule has 0 unspecified atom stereocenters. The molecule has 2 aromatic carbocycles. The van der Waals surface area contributed by atoms with Crippen LogP contribution in [0.3, 0.4) is 0 Å². The lowest BCUT2D eigenvalue weighted by Gasteiger charge is -2.26. The van der Waals surface area contributed by atoms with Crippen LogP contribution < -0.4 is 10.1 Å². The Morgan fingerprint density at radius 2 is 1.87 bits per heavy atom. The first-order valence-corrected chi connectivity index (χ1v) is 11.3. The maximum atomic E-state index is 12.3. The molecule has 0 aliphatic carbocycles. The lowest BCUT2D eigenvalue weighted by molar-refractivity contribution is -0.115. The van der Waals surface area contributed by atoms with Crippen molar-refractivity contribution in [1.82, 2.24) is 9.88 Å². The third-order valence-corrected chi connectivity index (χ3v) is 6.04. The van der Waals surface area contributed by atoms with Gasteiger partial charge in [-0.05, 0) is 36.8 Å². The van der Waals surface area contributed by atoms with Crippen LogP contribution in [0.4, 0.5) is 5.13 Å². The summed E-state index contributed by atoms with van der Waals surface area (Å²) in [5, 5.41) is 3.55. The molecule has 0 saturated carbocycles. The molecule has 1 aliphatic rings. The van der Waals surface area contributed by atoms with Gasteiger partial charge in [-0.2, -0.15) is 0 Å². The van der Waals surface area contributed by atoms with Crippen molar-refractivity contribution in [2.24, 2.45) is 0 Å². The molecular weight excluding hydrogens is 410 g/mol. The fraction of sp³-hybridized carbons (Fsp3) is 0.333. The van der Waals surface area contributed by atoms with Crippen LogP contribution in [0.2, 0.25) is 0 Å². The van der Waals surface area contributed by atoms with E-state index in [2.05, 4.69) is 15.2 Å². The molecule has 1 amide bonds. The van der Waals surface area contributed by atoms with Gasteiger partial charge >= 0.3 is 0 Å². The van der Waals surface area contributed by atoms with Crippen LogP contribution in [-0.2, 0) is 16.0 Å². The van der Waals surface area contributed by atoms with Crippen LogP contribution in [0.15, 0.2) is 54.6 Å². The maximum Gasteiger partial charge on any atom is 0.230 e. The van der Waals surface area contributed by atoms with Gasteiger partial charge in [0.1, 0.15) is 12.4 Å². The summed E-state index contributed by atoms with van der Waals surface area (Å²) in [5.41, 5.74) is 2.88. The number of amides is 1. The highest BCUT2D eigenvalue weighted by molar-refractivity contribution is 7.16. The Hall–Kier alpha value is -2.74. The quantitative estimate of drug-likeness (QED) is 0.577. The summed E-state index contributed by atoms with van der Waals surface area (Å²) in [6.07, 6.45) is 0.339. The highest BCUT2D eigenvalue weighted by Crippen LogP contribution is 2.31. The van der Waals surface area contributed by atoms with E-state index in [1.165, 1.54) is 11.3 Å². The van der Waals surface area contributed by atoms with Crippen molar-refractivity contribution in [3.63, 3.8) is 0 Å². The zero-order valence-corrected chi connectivity index (χ0v) is 18.5. The van der Waals surface area contributed by atoms with Gasteiger partial charge in [0.25, 0.3) is 0 Å². The fourth-order valence-corrected chi connectivity index (χ4v) is 4.34.